The van der Waals surface area contributed by atoms with Gasteiger partial charge in [-0.25, -0.2) is 14.0 Å². The predicted octanol–water partition coefficient (Wildman–Crippen LogP) is 2.87. The molecule has 2 amide bonds. The van der Waals surface area contributed by atoms with E-state index in [0.29, 0.717) is 0 Å². The quantitative estimate of drug-likeness (QED) is 0.789. The van der Waals surface area contributed by atoms with Gasteiger partial charge < -0.3 is 14.0 Å². The number of halogens is 2. The standard InChI is InChI=1S/C16H14ClFN2O6/c1-3-24-16(23)19-11(21)7-25-15(22)12-8(2)26-20-14(12)13-9(17)5-4-6-10(13)18/h4-6H,3,7H2,1-2H3,(H,19,21,23). The predicted molar refractivity (Wildman–Crippen MR) is 87.1 cm³/mol. The largest absolute Gasteiger partial charge is 0.452 e. The molecule has 1 heterocycles. The number of amides is 2. The van der Waals surface area contributed by atoms with Crippen molar-refractivity contribution in [1.29, 1.82) is 0 Å². The molecule has 0 fully saturated rings. The smallest absolute Gasteiger partial charge is 0.413 e. The molecule has 0 aliphatic rings. The number of aryl methyl sites for hydroxylation is 1. The van der Waals surface area contributed by atoms with E-state index in [4.69, 9.17) is 20.9 Å². The van der Waals surface area contributed by atoms with E-state index in [2.05, 4.69) is 9.89 Å². The molecule has 1 N–H and O–H groups in total. The van der Waals surface area contributed by atoms with Gasteiger partial charge in [-0.3, -0.25) is 10.1 Å². The molecule has 2 aromatic rings. The van der Waals surface area contributed by atoms with Crippen molar-refractivity contribution in [3.05, 3.63) is 40.4 Å². The summed E-state index contributed by atoms with van der Waals surface area (Å²) in [5, 5.41) is 5.54. The molecule has 2 rings (SSSR count). The van der Waals surface area contributed by atoms with Gasteiger partial charge in [0.2, 0.25) is 0 Å². The van der Waals surface area contributed by atoms with Crippen LogP contribution in [0.15, 0.2) is 22.7 Å². The summed E-state index contributed by atoms with van der Waals surface area (Å²) in [6, 6.07) is 3.96. The molecule has 10 heteroatoms. The van der Waals surface area contributed by atoms with Gasteiger partial charge in [-0.15, -0.1) is 0 Å². The van der Waals surface area contributed by atoms with Crippen molar-refractivity contribution < 1.29 is 32.8 Å². The zero-order chi connectivity index (χ0) is 19.3. The van der Waals surface area contributed by atoms with Crippen LogP contribution < -0.4 is 5.32 Å². The second-order valence-electron chi connectivity index (χ2n) is 4.90. The summed E-state index contributed by atoms with van der Waals surface area (Å²) in [4.78, 5) is 34.9. The lowest BCUT2D eigenvalue weighted by Gasteiger charge is -2.07. The van der Waals surface area contributed by atoms with E-state index in [9.17, 15) is 18.8 Å². The number of hydrogen-bond acceptors (Lipinski definition) is 7. The number of alkyl carbamates (subject to hydrolysis) is 1. The number of hydrogen-bond donors (Lipinski definition) is 1. The molecule has 26 heavy (non-hydrogen) atoms. The molecule has 0 aliphatic carbocycles. The van der Waals surface area contributed by atoms with E-state index in [1.54, 1.807) is 6.92 Å². The lowest BCUT2D eigenvalue weighted by Crippen LogP contribution is -2.34. The number of esters is 1. The highest BCUT2D eigenvalue weighted by Gasteiger charge is 2.27. The van der Waals surface area contributed by atoms with Gasteiger partial charge in [-0.1, -0.05) is 22.8 Å². The Morgan fingerprint density at radius 1 is 1.31 bits per heavy atom. The second kappa shape index (κ2) is 8.43. The van der Waals surface area contributed by atoms with Gasteiger partial charge in [0.1, 0.15) is 22.8 Å². The summed E-state index contributed by atoms with van der Waals surface area (Å²) in [7, 11) is 0. The topological polar surface area (TPSA) is 108 Å². The number of nitrogens with zero attached hydrogens (tertiary/aromatic N) is 1. The van der Waals surface area contributed by atoms with Crippen LogP contribution in [0.3, 0.4) is 0 Å². The van der Waals surface area contributed by atoms with Crippen LogP contribution in [-0.2, 0) is 14.3 Å². The van der Waals surface area contributed by atoms with Crippen molar-refractivity contribution in [2.24, 2.45) is 0 Å². The van der Waals surface area contributed by atoms with E-state index in [0.717, 1.165) is 6.07 Å². The highest BCUT2D eigenvalue weighted by Crippen LogP contribution is 2.33. The van der Waals surface area contributed by atoms with Crippen molar-refractivity contribution in [1.82, 2.24) is 10.5 Å². The van der Waals surface area contributed by atoms with Gasteiger partial charge >= 0.3 is 12.1 Å². The Hall–Kier alpha value is -2.94. The molecule has 138 valence electrons. The summed E-state index contributed by atoms with van der Waals surface area (Å²) < 4.78 is 28.4. The number of aromatic nitrogens is 1. The van der Waals surface area contributed by atoms with Crippen LogP contribution in [0.5, 0.6) is 0 Å². The van der Waals surface area contributed by atoms with Crippen LogP contribution in [0.2, 0.25) is 5.02 Å². The summed E-state index contributed by atoms with van der Waals surface area (Å²) in [6.07, 6.45) is -0.964. The maximum atomic E-state index is 14.1. The van der Waals surface area contributed by atoms with Crippen molar-refractivity contribution in [2.45, 2.75) is 13.8 Å². The molecule has 0 unspecified atom stereocenters. The minimum absolute atomic E-state index is 0.0207. The minimum atomic E-state index is -0.989. The Kier molecular flexibility index (Phi) is 6.29. The molecule has 0 spiro atoms. The molecule has 0 saturated heterocycles. The number of ether oxygens (including phenoxy) is 2. The van der Waals surface area contributed by atoms with Crippen LogP contribution in [0.1, 0.15) is 23.0 Å². The minimum Gasteiger partial charge on any atom is -0.452 e. The number of carbonyl (C=O) groups excluding carboxylic acids is 3. The summed E-state index contributed by atoms with van der Waals surface area (Å²) in [6.45, 7) is 2.30. The molecule has 0 saturated carbocycles. The third kappa shape index (κ3) is 4.37. The number of carbonyl (C=O) groups is 3. The first-order chi connectivity index (χ1) is 12.3. The fourth-order valence-electron chi connectivity index (χ4n) is 2.03. The first-order valence-corrected chi connectivity index (χ1v) is 7.77. The van der Waals surface area contributed by atoms with Gasteiger partial charge in [0, 0.05) is 0 Å². The summed E-state index contributed by atoms with van der Waals surface area (Å²) >= 11 is 5.98. The van der Waals surface area contributed by atoms with Gasteiger partial charge in [-0.05, 0) is 26.0 Å². The molecule has 1 aromatic heterocycles. The van der Waals surface area contributed by atoms with Crippen LogP contribution in [0.4, 0.5) is 9.18 Å². The van der Waals surface area contributed by atoms with Crippen molar-refractivity contribution in [3.63, 3.8) is 0 Å². The van der Waals surface area contributed by atoms with Gasteiger partial charge in [0.15, 0.2) is 6.61 Å². The Labute approximate surface area is 152 Å². The number of nitrogens with one attached hydrogen (secondary N) is 1. The zero-order valence-electron chi connectivity index (χ0n) is 13.8. The fourth-order valence-corrected chi connectivity index (χ4v) is 2.28. The highest BCUT2D eigenvalue weighted by molar-refractivity contribution is 6.33. The number of imide groups is 1. The molecule has 0 bridgehead atoms. The Morgan fingerprint density at radius 3 is 2.69 bits per heavy atom. The van der Waals surface area contributed by atoms with Crippen molar-refractivity contribution >= 4 is 29.6 Å². The first-order valence-electron chi connectivity index (χ1n) is 7.39. The van der Waals surface area contributed by atoms with E-state index in [-0.39, 0.29) is 34.2 Å². The monoisotopic (exact) mass is 384 g/mol. The van der Waals surface area contributed by atoms with E-state index >= 15 is 0 Å². The van der Waals surface area contributed by atoms with Crippen LogP contribution in [-0.4, -0.2) is 36.3 Å². The van der Waals surface area contributed by atoms with Crippen LogP contribution >= 0.6 is 11.6 Å². The van der Waals surface area contributed by atoms with E-state index in [1.807, 2.05) is 5.32 Å². The molecule has 8 nitrogen and oxygen atoms in total. The van der Waals surface area contributed by atoms with E-state index < -0.39 is 30.4 Å². The maximum Gasteiger partial charge on any atom is 0.413 e. The highest BCUT2D eigenvalue weighted by atomic mass is 35.5. The molecular formula is C16H14ClFN2O6. The first kappa shape index (κ1) is 19.4. The molecular weight excluding hydrogens is 371 g/mol. The van der Waals surface area contributed by atoms with Crippen molar-refractivity contribution in [3.8, 4) is 11.3 Å². The zero-order valence-corrected chi connectivity index (χ0v) is 14.6. The number of rotatable bonds is 5. The Bertz CT molecular complexity index is 831. The fraction of sp³-hybridized carbons (Fsp3) is 0.250. The van der Waals surface area contributed by atoms with E-state index in [1.165, 1.54) is 19.1 Å². The Morgan fingerprint density at radius 2 is 2.04 bits per heavy atom. The lowest BCUT2D eigenvalue weighted by molar-refractivity contribution is -0.123. The average Bonchev–Trinajstić information content (AvgIpc) is 2.94. The lowest BCUT2D eigenvalue weighted by atomic mass is 10.1. The normalized spacial score (nSPS) is 10.3. The Balaban J connectivity index is 2.17. The van der Waals surface area contributed by atoms with Crippen LogP contribution in [0.25, 0.3) is 11.3 Å². The maximum absolute atomic E-state index is 14.1. The molecule has 0 radical (unpaired) electrons. The van der Waals surface area contributed by atoms with Gasteiger partial charge in [-0.2, -0.15) is 0 Å². The summed E-state index contributed by atoms with van der Waals surface area (Å²) in [5.41, 5.74) is -0.462. The SMILES string of the molecule is CCOC(=O)NC(=O)COC(=O)c1c(-c2c(F)cccc2Cl)noc1C. The molecule has 1 aromatic carbocycles. The second-order valence-corrected chi connectivity index (χ2v) is 5.31. The molecule has 0 atom stereocenters. The van der Waals surface area contributed by atoms with Gasteiger partial charge in [0.25, 0.3) is 5.91 Å². The molecule has 0 aliphatic heterocycles. The average molecular weight is 385 g/mol. The van der Waals surface area contributed by atoms with Gasteiger partial charge in [0.05, 0.1) is 17.2 Å². The third-order valence-electron chi connectivity index (χ3n) is 3.12. The van der Waals surface area contributed by atoms with Crippen molar-refractivity contribution in [2.75, 3.05) is 13.2 Å². The number of benzene rings is 1. The third-order valence-corrected chi connectivity index (χ3v) is 3.43. The van der Waals surface area contributed by atoms with Crippen LogP contribution in [0, 0.1) is 12.7 Å². The summed E-state index contributed by atoms with van der Waals surface area (Å²) in [5.74, 6) is -2.54.